The fourth-order valence-electron chi connectivity index (χ4n) is 1.67. The Morgan fingerprint density at radius 3 is 2.43 bits per heavy atom. The van der Waals surface area contributed by atoms with Gasteiger partial charge in [-0.1, -0.05) is 0 Å². The lowest BCUT2D eigenvalue weighted by atomic mass is 10.1. The summed E-state index contributed by atoms with van der Waals surface area (Å²) in [5, 5.41) is 0. The summed E-state index contributed by atoms with van der Waals surface area (Å²) < 4.78 is 22.4. The number of hydrogen-bond acceptors (Lipinski definition) is 5. The molecule has 1 heterocycles. The minimum Gasteiger partial charge on any atom is -0.369 e. The number of hydrogen-bond donors (Lipinski definition) is 2. The molecule has 0 saturated carbocycles. The monoisotopic (exact) mass is 221 g/mol. The van der Waals surface area contributed by atoms with Crippen LogP contribution in [0.2, 0.25) is 0 Å². The minimum atomic E-state index is -3.04. The zero-order valence-corrected chi connectivity index (χ0v) is 8.83. The van der Waals surface area contributed by atoms with Crippen molar-refractivity contribution in [2.24, 2.45) is 11.5 Å². The van der Waals surface area contributed by atoms with E-state index in [-0.39, 0.29) is 24.1 Å². The van der Waals surface area contributed by atoms with Crippen LogP contribution in [0.15, 0.2) is 0 Å². The second-order valence-corrected chi connectivity index (χ2v) is 5.84. The van der Waals surface area contributed by atoms with Crippen molar-refractivity contribution in [2.75, 3.05) is 25.1 Å². The Morgan fingerprint density at radius 2 is 2.07 bits per heavy atom. The normalized spacial score (nSPS) is 30.8. The Labute approximate surface area is 83.1 Å². The summed E-state index contributed by atoms with van der Waals surface area (Å²) in [7, 11) is -1.40. The largest absolute Gasteiger partial charge is 0.369 e. The molecule has 0 aromatic rings. The molecule has 14 heavy (non-hydrogen) atoms. The smallest absolute Gasteiger partial charge is 0.231 e. The number of nitrogens with zero attached hydrogens (tertiary/aromatic N) is 1. The summed E-state index contributed by atoms with van der Waals surface area (Å²) in [5.41, 5.74) is 10.7. The van der Waals surface area contributed by atoms with Crippen molar-refractivity contribution in [3.63, 3.8) is 0 Å². The lowest BCUT2D eigenvalue weighted by molar-refractivity contribution is -0.119. The maximum Gasteiger partial charge on any atom is 0.231 e. The number of primary amides is 1. The number of nitrogens with two attached hydrogens (primary N) is 2. The van der Waals surface area contributed by atoms with E-state index in [0.29, 0.717) is 0 Å². The molecule has 1 fully saturated rings. The molecule has 1 amide bonds. The lowest BCUT2D eigenvalue weighted by Crippen LogP contribution is -2.47. The van der Waals surface area contributed by atoms with Gasteiger partial charge >= 0.3 is 0 Å². The van der Waals surface area contributed by atoms with Crippen LogP contribution in [0.3, 0.4) is 0 Å². The molecule has 6 nitrogen and oxygen atoms in total. The van der Waals surface area contributed by atoms with Crippen molar-refractivity contribution in [3.05, 3.63) is 0 Å². The van der Waals surface area contributed by atoms with Crippen LogP contribution in [0, 0.1) is 0 Å². The van der Waals surface area contributed by atoms with Crippen LogP contribution in [-0.2, 0) is 14.6 Å². The molecule has 0 bridgehead atoms. The third-order valence-corrected chi connectivity index (χ3v) is 4.08. The summed E-state index contributed by atoms with van der Waals surface area (Å²) >= 11 is 0. The molecule has 1 aliphatic rings. The fraction of sp³-hybridized carbons (Fsp3) is 0.857. The molecule has 0 radical (unpaired) electrons. The third-order valence-electron chi connectivity index (χ3n) is 2.34. The van der Waals surface area contributed by atoms with Gasteiger partial charge in [-0.15, -0.1) is 0 Å². The van der Waals surface area contributed by atoms with Crippen LogP contribution in [-0.4, -0.2) is 56.4 Å². The molecule has 0 spiro atoms. The fourth-order valence-corrected chi connectivity index (χ4v) is 3.64. The molecule has 2 unspecified atom stereocenters. The zero-order valence-electron chi connectivity index (χ0n) is 8.01. The molecular weight excluding hydrogens is 206 g/mol. The Kier molecular flexibility index (Phi) is 3.13. The average Bonchev–Trinajstić information content (AvgIpc) is 2.23. The first kappa shape index (κ1) is 11.4. The molecule has 1 saturated heterocycles. The van der Waals surface area contributed by atoms with Crippen molar-refractivity contribution in [1.82, 2.24) is 4.90 Å². The van der Waals surface area contributed by atoms with Crippen LogP contribution >= 0.6 is 0 Å². The van der Waals surface area contributed by atoms with Crippen LogP contribution in [0.1, 0.15) is 0 Å². The number of rotatable bonds is 3. The van der Waals surface area contributed by atoms with Gasteiger partial charge in [-0.25, -0.2) is 8.42 Å². The maximum absolute atomic E-state index is 11.2. The highest BCUT2D eigenvalue weighted by molar-refractivity contribution is 7.91. The van der Waals surface area contributed by atoms with Crippen molar-refractivity contribution in [1.29, 1.82) is 0 Å². The predicted octanol–water partition coefficient (Wildman–Crippen LogP) is -2.47. The molecule has 2 atom stereocenters. The summed E-state index contributed by atoms with van der Waals surface area (Å²) in [6.07, 6.45) is 0. The number of carbonyl (C=O) groups is 1. The third kappa shape index (κ3) is 2.66. The summed E-state index contributed by atoms with van der Waals surface area (Å²) in [6.45, 7) is 0.0356. The molecule has 7 heteroatoms. The van der Waals surface area contributed by atoms with E-state index in [2.05, 4.69) is 0 Å². The first-order chi connectivity index (χ1) is 6.32. The van der Waals surface area contributed by atoms with Crippen LogP contribution in [0.25, 0.3) is 0 Å². The van der Waals surface area contributed by atoms with Crippen LogP contribution < -0.4 is 11.5 Å². The molecule has 82 valence electrons. The van der Waals surface area contributed by atoms with E-state index in [0.717, 1.165) is 0 Å². The van der Waals surface area contributed by atoms with E-state index < -0.39 is 21.8 Å². The van der Waals surface area contributed by atoms with Gasteiger partial charge in [-0.2, -0.15) is 0 Å². The van der Waals surface area contributed by atoms with Gasteiger partial charge in [0.2, 0.25) is 5.91 Å². The van der Waals surface area contributed by atoms with Gasteiger partial charge in [-0.05, 0) is 7.05 Å². The van der Waals surface area contributed by atoms with Gasteiger partial charge in [-0.3, -0.25) is 9.69 Å². The van der Waals surface area contributed by atoms with E-state index in [1.807, 2.05) is 0 Å². The van der Waals surface area contributed by atoms with Gasteiger partial charge in [0.05, 0.1) is 18.1 Å². The van der Waals surface area contributed by atoms with Gasteiger partial charge < -0.3 is 11.5 Å². The number of likely N-dealkylation sites (N-methyl/N-ethyl adjacent to an activating group) is 1. The first-order valence-electron chi connectivity index (χ1n) is 4.26. The van der Waals surface area contributed by atoms with Crippen molar-refractivity contribution < 1.29 is 13.2 Å². The van der Waals surface area contributed by atoms with Gasteiger partial charge in [0, 0.05) is 12.1 Å². The number of amides is 1. The summed E-state index contributed by atoms with van der Waals surface area (Å²) in [4.78, 5) is 12.2. The SMILES string of the molecule is CN(CC(N)=O)C1CS(=O)(=O)CC1N. The quantitative estimate of drug-likeness (QED) is 0.549. The number of carbonyl (C=O) groups excluding carboxylic acids is 1. The predicted molar refractivity (Wildman–Crippen MR) is 52.2 cm³/mol. The number of sulfone groups is 1. The highest BCUT2D eigenvalue weighted by Crippen LogP contribution is 2.15. The summed E-state index contributed by atoms with van der Waals surface area (Å²) in [5.74, 6) is -0.484. The Bertz CT molecular complexity index is 327. The van der Waals surface area contributed by atoms with E-state index in [4.69, 9.17) is 11.5 Å². The first-order valence-corrected chi connectivity index (χ1v) is 6.08. The highest BCUT2D eigenvalue weighted by atomic mass is 32.2. The van der Waals surface area contributed by atoms with E-state index in [9.17, 15) is 13.2 Å². The standard InChI is InChI=1S/C7H15N3O3S/c1-10(2-7(9)11)6-4-14(12,13)3-5(6)8/h5-6H,2-4,8H2,1H3,(H2,9,11). The molecule has 0 aromatic carbocycles. The second kappa shape index (κ2) is 3.84. The average molecular weight is 221 g/mol. The van der Waals surface area contributed by atoms with Crippen molar-refractivity contribution in [3.8, 4) is 0 Å². The van der Waals surface area contributed by atoms with Gasteiger partial charge in [0.25, 0.3) is 0 Å². The molecule has 1 rings (SSSR count). The molecule has 0 aliphatic carbocycles. The Balaban J connectivity index is 2.66. The maximum atomic E-state index is 11.2. The van der Waals surface area contributed by atoms with E-state index in [1.165, 1.54) is 0 Å². The second-order valence-electron chi connectivity index (χ2n) is 3.69. The molecule has 0 aromatic heterocycles. The van der Waals surface area contributed by atoms with E-state index in [1.54, 1.807) is 11.9 Å². The van der Waals surface area contributed by atoms with Crippen LogP contribution in [0.5, 0.6) is 0 Å². The Hall–Kier alpha value is -0.660. The van der Waals surface area contributed by atoms with Crippen LogP contribution in [0.4, 0.5) is 0 Å². The minimum absolute atomic E-state index is 0.0119. The topological polar surface area (TPSA) is 106 Å². The van der Waals surface area contributed by atoms with Crippen molar-refractivity contribution >= 4 is 15.7 Å². The summed E-state index contributed by atoms with van der Waals surface area (Å²) in [6, 6.07) is -0.725. The molecular formula is C7H15N3O3S. The van der Waals surface area contributed by atoms with Gasteiger partial charge in [0.15, 0.2) is 9.84 Å². The molecule has 1 aliphatic heterocycles. The zero-order chi connectivity index (χ0) is 10.9. The van der Waals surface area contributed by atoms with E-state index >= 15 is 0 Å². The van der Waals surface area contributed by atoms with Gasteiger partial charge in [0.1, 0.15) is 0 Å². The Morgan fingerprint density at radius 1 is 1.50 bits per heavy atom. The van der Waals surface area contributed by atoms with Crippen molar-refractivity contribution in [2.45, 2.75) is 12.1 Å². The highest BCUT2D eigenvalue weighted by Gasteiger charge is 2.37. The molecule has 4 N–H and O–H groups in total. The lowest BCUT2D eigenvalue weighted by Gasteiger charge is -2.24.